The highest BCUT2D eigenvalue weighted by atomic mass is 16.6. The summed E-state index contributed by atoms with van der Waals surface area (Å²) in [4.78, 5) is 25.4. The zero-order valence-electron chi connectivity index (χ0n) is 14.3. The van der Waals surface area contributed by atoms with Gasteiger partial charge in [-0.25, -0.2) is 0 Å². The molecule has 0 aliphatic carbocycles. The number of fused-ring (bicyclic) bond motifs is 1. The van der Waals surface area contributed by atoms with Gasteiger partial charge < -0.3 is 9.64 Å². The van der Waals surface area contributed by atoms with E-state index in [1.807, 2.05) is 35.2 Å². The maximum absolute atomic E-state index is 13.1. The maximum Gasteiger partial charge on any atom is 0.269 e. The number of non-ortho nitro benzene ring substituents is 1. The third-order valence-corrected chi connectivity index (χ3v) is 5.26. The first-order chi connectivity index (χ1) is 12.6. The van der Waals surface area contributed by atoms with Gasteiger partial charge in [-0.3, -0.25) is 14.9 Å². The molecule has 0 unspecified atom stereocenters. The molecule has 0 aromatic heterocycles. The molecule has 2 heterocycles. The largest absolute Gasteiger partial charge is 0.352 e. The number of amides is 1. The third kappa shape index (κ3) is 3.08. The predicted octanol–water partition coefficient (Wildman–Crippen LogP) is 3.47. The van der Waals surface area contributed by atoms with Gasteiger partial charge in [0, 0.05) is 23.6 Å². The molecule has 2 aliphatic heterocycles. The van der Waals surface area contributed by atoms with Gasteiger partial charge in [-0.05, 0) is 24.8 Å². The molecule has 2 aromatic rings. The molecule has 2 fully saturated rings. The summed E-state index contributed by atoms with van der Waals surface area (Å²) in [6, 6.07) is 16.4. The lowest BCUT2D eigenvalue weighted by Crippen LogP contribution is -2.46. The van der Waals surface area contributed by atoms with E-state index in [0.717, 1.165) is 24.0 Å². The van der Waals surface area contributed by atoms with E-state index in [1.54, 1.807) is 12.1 Å². The first kappa shape index (κ1) is 16.7. The summed E-state index contributed by atoms with van der Waals surface area (Å²) in [7, 11) is 0. The van der Waals surface area contributed by atoms with E-state index in [4.69, 9.17) is 4.74 Å². The minimum absolute atomic E-state index is 0.0702. The summed E-state index contributed by atoms with van der Waals surface area (Å²) in [5.74, 6) is 0.00609. The summed E-state index contributed by atoms with van der Waals surface area (Å²) < 4.78 is 5.93. The van der Waals surface area contributed by atoms with Gasteiger partial charge in [-0.15, -0.1) is 0 Å². The Bertz CT molecular complexity index is 806. The summed E-state index contributed by atoms with van der Waals surface area (Å²) >= 11 is 0. The molecule has 4 rings (SSSR count). The molecule has 3 atom stereocenters. The molecule has 0 radical (unpaired) electrons. The average molecular weight is 352 g/mol. The average Bonchev–Trinajstić information content (AvgIpc) is 3.10. The molecule has 2 aliphatic rings. The lowest BCUT2D eigenvalue weighted by Gasteiger charge is -2.36. The second kappa shape index (κ2) is 6.88. The Hall–Kier alpha value is -2.73. The second-order valence-corrected chi connectivity index (χ2v) is 6.90. The van der Waals surface area contributed by atoms with Crippen LogP contribution in [0.3, 0.4) is 0 Å². The maximum atomic E-state index is 13.1. The minimum atomic E-state index is -0.411. The fourth-order valence-corrected chi connectivity index (χ4v) is 3.90. The summed E-state index contributed by atoms with van der Waals surface area (Å²) in [5.41, 5.74) is 2.02. The minimum Gasteiger partial charge on any atom is -0.352 e. The van der Waals surface area contributed by atoms with Crippen molar-refractivity contribution in [2.45, 2.75) is 31.5 Å². The number of carbonyl (C=O) groups excluding carboxylic acids is 1. The third-order valence-electron chi connectivity index (χ3n) is 5.26. The number of carbonyl (C=O) groups is 1. The van der Waals surface area contributed by atoms with Crippen molar-refractivity contribution in [3.05, 3.63) is 75.8 Å². The van der Waals surface area contributed by atoms with Gasteiger partial charge in [0.2, 0.25) is 5.91 Å². The van der Waals surface area contributed by atoms with Crippen molar-refractivity contribution in [2.75, 3.05) is 6.61 Å². The Morgan fingerprint density at radius 2 is 1.81 bits per heavy atom. The molecule has 1 amide bonds. The molecule has 134 valence electrons. The van der Waals surface area contributed by atoms with Crippen LogP contribution in [0.5, 0.6) is 0 Å². The normalized spacial score (nSPS) is 25.2. The summed E-state index contributed by atoms with van der Waals surface area (Å²) in [5, 5.41) is 10.8. The highest BCUT2D eigenvalue weighted by Crippen LogP contribution is 2.38. The van der Waals surface area contributed by atoms with Crippen LogP contribution in [0, 0.1) is 16.0 Å². The lowest BCUT2D eigenvalue weighted by atomic mass is 9.87. The smallest absolute Gasteiger partial charge is 0.269 e. The fourth-order valence-electron chi connectivity index (χ4n) is 3.90. The molecule has 0 saturated carbocycles. The van der Waals surface area contributed by atoms with Crippen LogP contribution in [0.2, 0.25) is 0 Å². The van der Waals surface area contributed by atoms with E-state index in [-0.39, 0.29) is 29.8 Å². The summed E-state index contributed by atoms with van der Waals surface area (Å²) in [6.45, 7) is 0.579. The second-order valence-electron chi connectivity index (χ2n) is 6.90. The Balaban J connectivity index is 1.51. The van der Waals surface area contributed by atoms with E-state index in [9.17, 15) is 14.9 Å². The molecule has 2 aromatic carbocycles. The Kier molecular flexibility index (Phi) is 4.42. The quantitative estimate of drug-likeness (QED) is 0.624. The molecular formula is C20H20N2O4. The van der Waals surface area contributed by atoms with Gasteiger partial charge >= 0.3 is 0 Å². The van der Waals surface area contributed by atoms with Crippen LogP contribution in [0.1, 0.15) is 30.2 Å². The van der Waals surface area contributed by atoms with E-state index >= 15 is 0 Å². The van der Waals surface area contributed by atoms with Crippen molar-refractivity contribution < 1.29 is 14.5 Å². The van der Waals surface area contributed by atoms with Crippen LogP contribution >= 0.6 is 0 Å². The first-order valence-corrected chi connectivity index (χ1v) is 8.85. The number of benzene rings is 2. The lowest BCUT2D eigenvalue weighted by molar-refractivity contribution is -0.384. The number of hydrogen-bond acceptors (Lipinski definition) is 4. The zero-order valence-corrected chi connectivity index (χ0v) is 14.3. The molecular weight excluding hydrogens is 332 g/mol. The number of nitro groups is 1. The molecule has 6 nitrogen and oxygen atoms in total. The SMILES string of the molecule is O=C1[C@@H](Cc2ccc([N+](=O)[O-])cc2)CC[C@@H]2CO[C@@H](c3ccccc3)N12. The number of nitrogens with zero attached hydrogens (tertiary/aromatic N) is 2. The van der Waals surface area contributed by atoms with Crippen molar-refractivity contribution in [3.8, 4) is 0 Å². The van der Waals surface area contributed by atoms with Gasteiger partial charge in [0.15, 0.2) is 6.23 Å². The number of hydrogen-bond donors (Lipinski definition) is 0. The molecule has 2 saturated heterocycles. The Labute approximate surface area is 151 Å². The van der Waals surface area contributed by atoms with Crippen LogP contribution < -0.4 is 0 Å². The number of nitro benzene ring substituents is 1. The van der Waals surface area contributed by atoms with Gasteiger partial charge in [0.1, 0.15) is 0 Å². The first-order valence-electron chi connectivity index (χ1n) is 8.85. The molecule has 0 bridgehead atoms. The van der Waals surface area contributed by atoms with E-state index in [0.29, 0.717) is 13.0 Å². The molecule has 26 heavy (non-hydrogen) atoms. The van der Waals surface area contributed by atoms with Crippen LogP contribution in [-0.4, -0.2) is 28.4 Å². The van der Waals surface area contributed by atoms with Crippen LogP contribution in [-0.2, 0) is 16.0 Å². The molecule has 0 spiro atoms. The fraction of sp³-hybridized carbons (Fsp3) is 0.350. The van der Waals surface area contributed by atoms with Crippen molar-refractivity contribution in [1.82, 2.24) is 4.90 Å². The standard InChI is InChI=1S/C20H20N2O4/c23-19-16(12-14-6-9-17(10-7-14)22(24)25)8-11-18-13-26-20(21(18)19)15-4-2-1-3-5-15/h1-7,9-10,16,18,20H,8,11-13H2/t16-,18-,20+/m1/s1. The number of ether oxygens (including phenoxy) is 1. The van der Waals surface area contributed by atoms with Crippen LogP contribution in [0.15, 0.2) is 54.6 Å². The van der Waals surface area contributed by atoms with E-state index in [1.165, 1.54) is 12.1 Å². The molecule has 6 heteroatoms. The number of piperidine rings is 1. The molecule has 0 N–H and O–H groups in total. The van der Waals surface area contributed by atoms with E-state index < -0.39 is 4.92 Å². The van der Waals surface area contributed by atoms with Gasteiger partial charge in [0.05, 0.1) is 17.6 Å². The van der Waals surface area contributed by atoms with Gasteiger partial charge in [-0.2, -0.15) is 0 Å². The van der Waals surface area contributed by atoms with Gasteiger partial charge in [-0.1, -0.05) is 42.5 Å². The summed E-state index contributed by atoms with van der Waals surface area (Å²) in [6.07, 6.45) is 2.03. The number of rotatable bonds is 4. The van der Waals surface area contributed by atoms with Crippen molar-refractivity contribution in [3.63, 3.8) is 0 Å². The van der Waals surface area contributed by atoms with Gasteiger partial charge in [0.25, 0.3) is 5.69 Å². The highest BCUT2D eigenvalue weighted by Gasteiger charge is 2.44. The Morgan fingerprint density at radius 1 is 1.08 bits per heavy atom. The van der Waals surface area contributed by atoms with Crippen molar-refractivity contribution in [2.24, 2.45) is 5.92 Å². The zero-order chi connectivity index (χ0) is 18.1. The van der Waals surface area contributed by atoms with E-state index in [2.05, 4.69) is 0 Å². The van der Waals surface area contributed by atoms with Crippen LogP contribution in [0.25, 0.3) is 0 Å². The Morgan fingerprint density at radius 3 is 2.50 bits per heavy atom. The van der Waals surface area contributed by atoms with Crippen LogP contribution in [0.4, 0.5) is 5.69 Å². The predicted molar refractivity (Wildman–Crippen MR) is 95.3 cm³/mol. The highest BCUT2D eigenvalue weighted by molar-refractivity contribution is 5.81. The topological polar surface area (TPSA) is 72.7 Å². The van der Waals surface area contributed by atoms with Crippen molar-refractivity contribution in [1.29, 1.82) is 0 Å². The monoisotopic (exact) mass is 352 g/mol. The van der Waals surface area contributed by atoms with Crippen molar-refractivity contribution >= 4 is 11.6 Å².